The van der Waals surface area contributed by atoms with Crippen molar-refractivity contribution in [1.29, 1.82) is 0 Å². The summed E-state index contributed by atoms with van der Waals surface area (Å²) in [6.07, 6.45) is -0.661. The summed E-state index contributed by atoms with van der Waals surface area (Å²) in [4.78, 5) is 12.3. The number of halogens is 1. The largest absolute Gasteiger partial charge is 0.497 e. The predicted octanol–water partition coefficient (Wildman–Crippen LogP) is 3.87. The van der Waals surface area contributed by atoms with Crippen LogP contribution in [0.4, 0.5) is 5.69 Å². The van der Waals surface area contributed by atoms with Crippen LogP contribution >= 0.6 is 15.9 Å². The highest BCUT2D eigenvalue weighted by atomic mass is 79.9. The van der Waals surface area contributed by atoms with Crippen molar-refractivity contribution in [3.8, 4) is 17.2 Å². The Hall–Kier alpha value is -2.21. The normalized spacial score (nSPS) is 11.5. The fourth-order valence-electron chi connectivity index (χ4n) is 1.91. The summed E-state index contributed by atoms with van der Waals surface area (Å²) in [5.41, 5.74) is 0.578. The lowest BCUT2D eigenvalue weighted by atomic mass is 10.2. The molecule has 0 saturated carbocycles. The van der Waals surface area contributed by atoms with E-state index in [0.29, 0.717) is 22.9 Å². The van der Waals surface area contributed by atoms with E-state index in [2.05, 4.69) is 21.2 Å². The van der Waals surface area contributed by atoms with E-state index in [-0.39, 0.29) is 5.91 Å². The Morgan fingerprint density at radius 1 is 1.09 bits per heavy atom. The number of benzene rings is 2. The number of rotatable bonds is 6. The lowest BCUT2D eigenvalue weighted by Crippen LogP contribution is -2.30. The van der Waals surface area contributed by atoms with Gasteiger partial charge >= 0.3 is 0 Å². The van der Waals surface area contributed by atoms with Crippen LogP contribution in [0.5, 0.6) is 17.2 Å². The van der Waals surface area contributed by atoms with Crippen LogP contribution in [0.1, 0.15) is 6.92 Å². The van der Waals surface area contributed by atoms with Crippen LogP contribution in [0.3, 0.4) is 0 Å². The minimum absolute atomic E-state index is 0.268. The first kappa shape index (κ1) is 17.1. The number of hydrogen-bond acceptors (Lipinski definition) is 4. The van der Waals surface area contributed by atoms with Crippen LogP contribution in [-0.4, -0.2) is 26.2 Å². The molecule has 2 aromatic rings. The molecule has 0 radical (unpaired) electrons. The highest BCUT2D eigenvalue weighted by Crippen LogP contribution is 2.27. The Morgan fingerprint density at radius 2 is 1.70 bits per heavy atom. The molecule has 2 aromatic carbocycles. The van der Waals surface area contributed by atoms with Gasteiger partial charge in [0.2, 0.25) is 0 Å². The molecule has 2 rings (SSSR count). The maximum absolute atomic E-state index is 12.3. The second-order valence-corrected chi connectivity index (χ2v) is 5.64. The molecule has 5 nitrogen and oxygen atoms in total. The Balaban J connectivity index is 2.08. The zero-order valence-electron chi connectivity index (χ0n) is 13.1. The molecule has 1 atom stereocenters. The molecular formula is C17H18BrNO4. The van der Waals surface area contributed by atoms with Gasteiger partial charge in [0.1, 0.15) is 17.2 Å². The number of carbonyl (C=O) groups excluding carboxylic acids is 1. The third-order valence-corrected chi connectivity index (χ3v) is 3.78. The van der Waals surface area contributed by atoms with Gasteiger partial charge in [-0.3, -0.25) is 4.79 Å². The molecule has 0 spiro atoms. The van der Waals surface area contributed by atoms with E-state index < -0.39 is 6.10 Å². The lowest BCUT2D eigenvalue weighted by molar-refractivity contribution is -0.122. The van der Waals surface area contributed by atoms with Crippen molar-refractivity contribution < 1.29 is 19.0 Å². The average molecular weight is 380 g/mol. The van der Waals surface area contributed by atoms with Gasteiger partial charge < -0.3 is 19.5 Å². The lowest BCUT2D eigenvalue weighted by Gasteiger charge is -2.16. The fourth-order valence-corrected chi connectivity index (χ4v) is 2.29. The molecule has 23 heavy (non-hydrogen) atoms. The van der Waals surface area contributed by atoms with Crippen molar-refractivity contribution in [3.63, 3.8) is 0 Å². The van der Waals surface area contributed by atoms with Crippen LogP contribution < -0.4 is 19.5 Å². The summed E-state index contributed by atoms with van der Waals surface area (Å²) in [6.45, 7) is 1.69. The molecule has 0 aliphatic carbocycles. The van der Waals surface area contributed by atoms with Crippen molar-refractivity contribution in [2.24, 2.45) is 0 Å². The van der Waals surface area contributed by atoms with Crippen molar-refractivity contribution in [3.05, 3.63) is 46.9 Å². The van der Waals surface area contributed by atoms with Crippen molar-refractivity contribution in [2.45, 2.75) is 13.0 Å². The summed E-state index contributed by atoms with van der Waals surface area (Å²) in [7, 11) is 3.11. The third-order valence-electron chi connectivity index (χ3n) is 3.13. The third kappa shape index (κ3) is 4.63. The molecule has 0 saturated heterocycles. The Labute approximate surface area is 143 Å². The molecule has 0 aromatic heterocycles. The summed E-state index contributed by atoms with van der Waals surface area (Å²) < 4.78 is 16.8. The number of para-hydroxylation sites is 1. The average Bonchev–Trinajstić information content (AvgIpc) is 2.56. The van der Waals surface area contributed by atoms with Gasteiger partial charge in [-0.25, -0.2) is 0 Å². The molecule has 0 aliphatic rings. The van der Waals surface area contributed by atoms with Crippen LogP contribution in [0, 0.1) is 0 Å². The SMILES string of the molecule is COc1cc(NC(=O)C(C)Oc2ccccc2Br)cc(OC)c1. The Morgan fingerprint density at radius 3 is 2.26 bits per heavy atom. The second-order valence-electron chi connectivity index (χ2n) is 4.78. The topological polar surface area (TPSA) is 56.8 Å². The summed E-state index contributed by atoms with van der Waals surface area (Å²) in [5, 5.41) is 2.79. The van der Waals surface area contributed by atoms with Gasteiger partial charge in [0.15, 0.2) is 6.10 Å². The summed E-state index contributed by atoms with van der Waals surface area (Å²) >= 11 is 3.39. The molecule has 1 amide bonds. The first-order valence-electron chi connectivity index (χ1n) is 6.98. The minimum atomic E-state index is -0.661. The summed E-state index contributed by atoms with van der Waals surface area (Å²) in [6, 6.07) is 12.5. The van der Waals surface area contributed by atoms with E-state index >= 15 is 0 Å². The molecular weight excluding hydrogens is 362 g/mol. The highest BCUT2D eigenvalue weighted by molar-refractivity contribution is 9.10. The number of amides is 1. The maximum Gasteiger partial charge on any atom is 0.265 e. The molecule has 122 valence electrons. The number of methoxy groups -OCH3 is 2. The Bertz CT molecular complexity index is 668. The quantitative estimate of drug-likeness (QED) is 0.827. The molecule has 0 fully saturated rings. The monoisotopic (exact) mass is 379 g/mol. The van der Waals surface area contributed by atoms with Gasteiger partial charge in [-0.15, -0.1) is 0 Å². The first-order valence-corrected chi connectivity index (χ1v) is 7.78. The Kier molecular flexibility index (Phi) is 5.87. The molecule has 0 aliphatic heterocycles. The second kappa shape index (κ2) is 7.87. The first-order chi connectivity index (χ1) is 11.0. The number of nitrogens with one attached hydrogen (secondary N) is 1. The number of hydrogen-bond donors (Lipinski definition) is 1. The van der Waals surface area contributed by atoms with Gasteiger partial charge in [0, 0.05) is 23.9 Å². The number of carbonyl (C=O) groups is 1. The maximum atomic E-state index is 12.3. The summed E-state index contributed by atoms with van der Waals surface area (Å²) in [5.74, 6) is 1.53. The minimum Gasteiger partial charge on any atom is -0.497 e. The van der Waals surface area contributed by atoms with Crippen LogP contribution in [-0.2, 0) is 4.79 Å². The van der Waals surface area contributed by atoms with E-state index in [1.54, 1.807) is 45.4 Å². The van der Waals surface area contributed by atoms with Gasteiger partial charge in [-0.05, 0) is 35.0 Å². The van der Waals surface area contributed by atoms with E-state index in [0.717, 1.165) is 4.47 Å². The number of ether oxygens (including phenoxy) is 3. The van der Waals surface area contributed by atoms with E-state index in [4.69, 9.17) is 14.2 Å². The van der Waals surface area contributed by atoms with Crippen molar-refractivity contribution in [2.75, 3.05) is 19.5 Å². The van der Waals surface area contributed by atoms with Crippen molar-refractivity contribution >= 4 is 27.5 Å². The number of anilines is 1. The van der Waals surface area contributed by atoms with Gasteiger partial charge in [-0.2, -0.15) is 0 Å². The van der Waals surface area contributed by atoms with Crippen LogP contribution in [0.15, 0.2) is 46.9 Å². The zero-order chi connectivity index (χ0) is 16.8. The van der Waals surface area contributed by atoms with Crippen LogP contribution in [0.25, 0.3) is 0 Å². The van der Waals surface area contributed by atoms with Crippen molar-refractivity contribution in [1.82, 2.24) is 0 Å². The smallest absolute Gasteiger partial charge is 0.265 e. The predicted molar refractivity (Wildman–Crippen MR) is 92.4 cm³/mol. The highest BCUT2D eigenvalue weighted by Gasteiger charge is 2.16. The fraction of sp³-hybridized carbons (Fsp3) is 0.235. The molecule has 1 unspecified atom stereocenters. The molecule has 6 heteroatoms. The van der Waals surface area contributed by atoms with E-state index in [1.807, 2.05) is 18.2 Å². The van der Waals surface area contributed by atoms with E-state index in [1.165, 1.54) is 0 Å². The zero-order valence-corrected chi connectivity index (χ0v) is 14.7. The molecule has 1 N–H and O–H groups in total. The standard InChI is InChI=1S/C17H18BrNO4/c1-11(23-16-7-5-4-6-15(16)18)17(20)19-12-8-13(21-2)10-14(9-12)22-3/h4-11H,1-3H3,(H,19,20). The molecule has 0 heterocycles. The van der Waals surface area contributed by atoms with Crippen LogP contribution in [0.2, 0.25) is 0 Å². The van der Waals surface area contributed by atoms with Gasteiger partial charge in [-0.1, -0.05) is 12.1 Å². The van der Waals surface area contributed by atoms with Gasteiger partial charge in [0.25, 0.3) is 5.91 Å². The van der Waals surface area contributed by atoms with E-state index in [9.17, 15) is 4.79 Å². The molecule has 0 bridgehead atoms. The van der Waals surface area contributed by atoms with Gasteiger partial charge in [0.05, 0.1) is 18.7 Å².